The monoisotopic (exact) mass is 898 g/mol. The van der Waals surface area contributed by atoms with E-state index in [0.29, 0.717) is 5.56 Å². The number of aliphatic imine (C=N–C) groups is 1. The number of hydrogen-bond donors (Lipinski definition) is 15. The van der Waals surface area contributed by atoms with Gasteiger partial charge in [0.25, 0.3) is 0 Å². The van der Waals surface area contributed by atoms with E-state index in [1.54, 1.807) is 0 Å². The topological polar surface area (TPSA) is 406 Å². The number of nitrogens with zero attached hydrogens (tertiary/aromatic N) is 2. The third kappa shape index (κ3) is 17.3. The van der Waals surface area contributed by atoms with Crippen LogP contribution in [0.25, 0.3) is 0 Å². The minimum atomic E-state index is -1.71. The molecule has 8 amide bonds. The van der Waals surface area contributed by atoms with Crippen LogP contribution in [0, 0.1) is 0 Å². The third-order valence-electron chi connectivity index (χ3n) is 9.03. The van der Waals surface area contributed by atoms with Crippen molar-refractivity contribution >= 4 is 84.4 Å². The van der Waals surface area contributed by atoms with E-state index in [-0.39, 0.29) is 68.4 Å². The number of aliphatic hydroxyl groups is 1. The van der Waals surface area contributed by atoms with Gasteiger partial charge in [0.1, 0.15) is 42.0 Å². The van der Waals surface area contributed by atoms with Gasteiger partial charge in [-0.05, 0) is 43.4 Å². The number of nitrogens with one attached hydrogen (secondary N) is 6. The molecule has 0 bridgehead atoms. The van der Waals surface area contributed by atoms with E-state index in [0.717, 1.165) is 4.90 Å². The molecule has 17 N–H and O–H groups in total. The lowest BCUT2D eigenvalue weighted by molar-refractivity contribution is -0.143. The highest BCUT2D eigenvalue weighted by molar-refractivity contribution is 7.80. The van der Waals surface area contributed by atoms with Crippen molar-refractivity contribution in [2.45, 2.75) is 80.8 Å². The number of aliphatic hydroxyl groups excluding tert-OH is 1. The van der Waals surface area contributed by atoms with E-state index in [9.17, 15) is 58.5 Å². The van der Waals surface area contributed by atoms with Gasteiger partial charge in [-0.3, -0.25) is 43.3 Å². The Morgan fingerprint density at radius 3 is 1.98 bits per heavy atom. The van der Waals surface area contributed by atoms with Crippen molar-refractivity contribution in [3.8, 4) is 5.75 Å². The predicted molar refractivity (Wildman–Crippen MR) is 223 cm³/mol. The lowest BCUT2D eigenvalue weighted by Gasteiger charge is -2.29. The predicted octanol–water partition coefficient (Wildman–Crippen LogP) is -6.34. The number of benzene rings is 1. The van der Waals surface area contributed by atoms with Crippen molar-refractivity contribution in [3.05, 3.63) is 29.8 Å². The van der Waals surface area contributed by atoms with Gasteiger partial charge in [0.15, 0.2) is 5.96 Å². The number of likely N-dealkylation sites (tertiary alicyclic amines) is 1. The summed E-state index contributed by atoms with van der Waals surface area (Å²) in [6, 6.07) is -4.29. The molecule has 2 rings (SSSR count). The second kappa shape index (κ2) is 25.7. The average molecular weight is 899 g/mol. The van der Waals surface area contributed by atoms with Gasteiger partial charge in [0.2, 0.25) is 47.3 Å². The summed E-state index contributed by atoms with van der Waals surface area (Å²) >= 11 is 7.85. The number of carboxylic acid groups (broad SMARTS) is 1. The maximum atomic E-state index is 13.8. The van der Waals surface area contributed by atoms with Crippen LogP contribution in [0.1, 0.15) is 37.7 Å². The number of amides is 8. The number of carbonyl (C=O) groups is 9. The van der Waals surface area contributed by atoms with E-state index >= 15 is 0 Å². The zero-order valence-corrected chi connectivity index (χ0v) is 34.7. The number of carboxylic acids is 1. The number of aromatic hydroxyl groups is 1. The Bertz CT molecular complexity index is 1770. The summed E-state index contributed by atoms with van der Waals surface area (Å²) in [6.45, 7) is -1.58. The summed E-state index contributed by atoms with van der Waals surface area (Å²) in [5.41, 5.74) is 22.1. The number of carbonyl (C=O) groups excluding carboxylic acids is 8. The average Bonchev–Trinajstić information content (AvgIpc) is 3.71. The lowest BCUT2D eigenvalue weighted by Crippen LogP contribution is -2.60. The van der Waals surface area contributed by atoms with Crippen molar-refractivity contribution in [2.75, 3.05) is 37.7 Å². The molecule has 1 fully saturated rings. The van der Waals surface area contributed by atoms with E-state index in [1.165, 1.54) is 24.3 Å². The quantitative estimate of drug-likeness (QED) is 0.0188. The second-order valence-electron chi connectivity index (χ2n) is 13.8. The van der Waals surface area contributed by atoms with Crippen molar-refractivity contribution in [1.82, 2.24) is 36.8 Å². The molecule has 1 aliphatic rings. The second-order valence-corrected chi connectivity index (χ2v) is 14.5. The zero-order chi connectivity index (χ0) is 45.8. The Balaban J connectivity index is 2.30. The summed E-state index contributed by atoms with van der Waals surface area (Å²) in [7, 11) is 0. The molecule has 0 aliphatic carbocycles. The van der Waals surface area contributed by atoms with E-state index in [4.69, 9.17) is 22.9 Å². The number of thiol groups is 2. The van der Waals surface area contributed by atoms with Gasteiger partial charge in [0.05, 0.1) is 25.6 Å². The van der Waals surface area contributed by atoms with Crippen molar-refractivity contribution in [3.63, 3.8) is 0 Å². The molecule has 1 heterocycles. The van der Waals surface area contributed by atoms with Gasteiger partial charge in [-0.25, -0.2) is 4.79 Å². The van der Waals surface area contributed by atoms with E-state index in [2.05, 4.69) is 62.2 Å². The van der Waals surface area contributed by atoms with Gasteiger partial charge in [-0.1, -0.05) is 12.1 Å². The van der Waals surface area contributed by atoms with E-state index in [1.807, 2.05) is 0 Å². The number of guanidine groups is 1. The van der Waals surface area contributed by atoms with Crippen molar-refractivity contribution in [2.24, 2.45) is 27.9 Å². The van der Waals surface area contributed by atoms with Crippen LogP contribution in [0.3, 0.4) is 0 Å². The lowest BCUT2D eigenvalue weighted by atomic mass is 10.0. The molecule has 338 valence electrons. The maximum absolute atomic E-state index is 13.8. The van der Waals surface area contributed by atoms with Gasteiger partial charge < -0.3 is 75.1 Å². The molecule has 0 spiro atoms. The summed E-state index contributed by atoms with van der Waals surface area (Å²) in [5.74, 6) is -9.25. The molecule has 24 nitrogen and oxygen atoms in total. The van der Waals surface area contributed by atoms with Crippen LogP contribution in [0.5, 0.6) is 5.75 Å². The normalized spacial score (nSPS) is 16.3. The van der Waals surface area contributed by atoms with Gasteiger partial charge in [-0.15, -0.1) is 0 Å². The molecule has 1 aliphatic heterocycles. The standard InChI is InChI=1S/C35H54N12O12S2/c36-19(15-60)28(52)41-13-27(51)42-22(12-26(37)50)33(57)47-10-2-4-25(47)32(56)45-23(14-48)31(55)44-21(11-17-5-7-18(49)8-6-17)30(54)43-20(3-1-9-40-35(38)39)29(53)46-24(16-61)34(58)59/h5-8,19-25,48-49,60-61H,1-4,9-16,36H2,(H2,37,50)(H,41,52)(H,42,51)(H,43,54)(H,44,55)(H,45,56)(H,46,53)(H,58,59)(H4,38,39,40)/t19-,20-,21-,22-,23-,24-,25-/m0/s1. The van der Waals surface area contributed by atoms with Crippen LogP contribution >= 0.6 is 25.3 Å². The van der Waals surface area contributed by atoms with Crippen LogP contribution in [0.2, 0.25) is 0 Å². The molecule has 0 aromatic heterocycles. The Morgan fingerprint density at radius 1 is 0.803 bits per heavy atom. The Kier molecular flexibility index (Phi) is 21.6. The fourth-order valence-electron chi connectivity index (χ4n) is 5.85. The number of phenols is 1. The van der Waals surface area contributed by atoms with Crippen molar-refractivity contribution in [1.29, 1.82) is 0 Å². The number of hydrogen-bond acceptors (Lipinski definition) is 15. The smallest absolute Gasteiger partial charge is 0.327 e. The molecule has 0 saturated carbocycles. The molecule has 26 heteroatoms. The highest BCUT2D eigenvalue weighted by atomic mass is 32.1. The summed E-state index contributed by atoms with van der Waals surface area (Å²) in [4.78, 5) is 121. The molecule has 0 radical (unpaired) electrons. The van der Waals surface area contributed by atoms with Gasteiger partial charge >= 0.3 is 5.97 Å². The third-order valence-corrected chi connectivity index (χ3v) is 9.79. The molecule has 1 saturated heterocycles. The molecule has 0 unspecified atom stereocenters. The fraction of sp³-hybridized carbons (Fsp3) is 0.543. The number of nitrogens with two attached hydrogens (primary N) is 4. The first kappa shape index (κ1) is 51.3. The minimum Gasteiger partial charge on any atom is -0.508 e. The largest absolute Gasteiger partial charge is 0.508 e. The fourth-order valence-corrected chi connectivity index (χ4v) is 6.26. The van der Waals surface area contributed by atoms with Crippen molar-refractivity contribution < 1.29 is 58.5 Å². The Morgan fingerprint density at radius 2 is 1.41 bits per heavy atom. The number of aliphatic carboxylic acids is 1. The summed E-state index contributed by atoms with van der Waals surface area (Å²) in [6.07, 6.45) is -0.510. The highest BCUT2D eigenvalue weighted by Gasteiger charge is 2.40. The first-order valence-electron chi connectivity index (χ1n) is 18.8. The highest BCUT2D eigenvalue weighted by Crippen LogP contribution is 2.20. The minimum absolute atomic E-state index is 0.0115. The van der Waals surface area contributed by atoms with Crippen LogP contribution in [-0.2, 0) is 49.6 Å². The molecule has 61 heavy (non-hydrogen) atoms. The van der Waals surface area contributed by atoms with Gasteiger partial charge in [-0.2, -0.15) is 25.3 Å². The molecule has 1 aromatic carbocycles. The van der Waals surface area contributed by atoms with Crippen LogP contribution in [0.4, 0.5) is 0 Å². The summed E-state index contributed by atoms with van der Waals surface area (Å²) < 4.78 is 0. The van der Waals surface area contributed by atoms with Crippen LogP contribution in [-0.4, -0.2) is 159 Å². The maximum Gasteiger partial charge on any atom is 0.327 e. The van der Waals surface area contributed by atoms with Crippen LogP contribution in [0.15, 0.2) is 29.3 Å². The number of phenolic OH excluding ortho intramolecular Hbond substituents is 1. The SMILES string of the molecule is NC(=O)C[C@H](NC(=O)CNC(=O)[C@@H](N)CS)C(=O)N1CCC[C@H]1C(=O)N[C@@H](CO)C(=O)N[C@@H](Cc1ccc(O)cc1)C(=O)N[C@@H](CCCN=C(N)N)C(=O)N[C@@H](CS)C(=O)O. The first-order chi connectivity index (χ1) is 28.8. The number of primary amides is 1. The molecular formula is C35H54N12O12S2. The van der Waals surface area contributed by atoms with Crippen LogP contribution < -0.4 is 54.8 Å². The summed E-state index contributed by atoms with van der Waals surface area (Å²) in [5, 5.41) is 43.6. The van der Waals surface area contributed by atoms with Gasteiger partial charge in [0, 0.05) is 31.0 Å². The number of rotatable bonds is 25. The Labute approximate surface area is 360 Å². The first-order valence-corrected chi connectivity index (χ1v) is 20.1. The Hall–Kier alpha value is -5.86. The zero-order valence-electron chi connectivity index (χ0n) is 33.0. The molecular weight excluding hydrogens is 845 g/mol. The van der Waals surface area contributed by atoms with E-state index < -0.39 is 115 Å². The molecule has 1 aromatic rings. The molecule has 7 atom stereocenters.